The van der Waals surface area contributed by atoms with E-state index in [9.17, 15) is 4.79 Å². The quantitative estimate of drug-likeness (QED) is 0.605. The van der Waals surface area contributed by atoms with Crippen molar-refractivity contribution in [2.75, 3.05) is 14.2 Å². The molecule has 0 saturated carbocycles. The second-order valence-electron chi connectivity index (χ2n) is 5.78. The SMILES string of the molecule is COc1ccc(OCc2cc(C(=O)N(C)[C@H](C)c3ccon3)no2)c(Cl)c1. The monoisotopic (exact) mass is 391 g/mol. The van der Waals surface area contributed by atoms with Gasteiger partial charge in [-0.3, -0.25) is 4.79 Å². The normalized spacial score (nSPS) is 11.9. The number of hydrogen-bond donors (Lipinski definition) is 0. The number of rotatable bonds is 7. The van der Waals surface area contributed by atoms with Gasteiger partial charge in [-0.05, 0) is 19.1 Å². The van der Waals surface area contributed by atoms with Crippen LogP contribution in [-0.2, 0) is 6.61 Å². The van der Waals surface area contributed by atoms with Crippen molar-refractivity contribution in [1.82, 2.24) is 15.2 Å². The molecular weight excluding hydrogens is 374 g/mol. The van der Waals surface area contributed by atoms with Gasteiger partial charge in [-0.25, -0.2) is 0 Å². The molecule has 1 atom stereocenters. The highest BCUT2D eigenvalue weighted by atomic mass is 35.5. The summed E-state index contributed by atoms with van der Waals surface area (Å²) in [5, 5.41) is 8.08. The summed E-state index contributed by atoms with van der Waals surface area (Å²) in [5.74, 6) is 1.19. The molecule has 3 aromatic rings. The highest BCUT2D eigenvalue weighted by Crippen LogP contribution is 2.29. The van der Waals surface area contributed by atoms with E-state index in [0.29, 0.717) is 28.0 Å². The van der Waals surface area contributed by atoms with Crippen molar-refractivity contribution in [3.8, 4) is 11.5 Å². The molecule has 2 aromatic heterocycles. The molecule has 1 amide bonds. The number of carbonyl (C=O) groups is 1. The van der Waals surface area contributed by atoms with E-state index < -0.39 is 0 Å². The highest BCUT2D eigenvalue weighted by molar-refractivity contribution is 6.32. The van der Waals surface area contributed by atoms with Crippen LogP contribution in [0.25, 0.3) is 0 Å². The average molecular weight is 392 g/mol. The smallest absolute Gasteiger partial charge is 0.276 e. The molecule has 9 heteroatoms. The number of benzene rings is 1. The maximum atomic E-state index is 12.6. The average Bonchev–Trinajstić information content (AvgIpc) is 3.37. The van der Waals surface area contributed by atoms with Crippen molar-refractivity contribution in [2.45, 2.75) is 19.6 Å². The van der Waals surface area contributed by atoms with E-state index in [-0.39, 0.29) is 24.2 Å². The van der Waals surface area contributed by atoms with Crippen molar-refractivity contribution >= 4 is 17.5 Å². The third-order valence-corrected chi connectivity index (χ3v) is 4.37. The molecule has 0 saturated heterocycles. The van der Waals surface area contributed by atoms with E-state index in [1.165, 1.54) is 17.2 Å². The molecule has 0 unspecified atom stereocenters. The predicted molar refractivity (Wildman–Crippen MR) is 95.9 cm³/mol. The van der Waals surface area contributed by atoms with Crippen molar-refractivity contribution in [3.63, 3.8) is 0 Å². The Morgan fingerprint density at radius 3 is 2.78 bits per heavy atom. The van der Waals surface area contributed by atoms with E-state index in [0.717, 1.165) is 0 Å². The minimum atomic E-state index is -0.303. The first-order valence-electron chi connectivity index (χ1n) is 8.09. The van der Waals surface area contributed by atoms with Crippen LogP contribution in [0.15, 0.2) is 45.6 Å². The molecule has 0 spiro atoms. The van der Waals surface area contributed by atoms with Gasteiger partial charge >= 0.3 is 0 Å². The highest BCUT2D eigenvalue weighted by Gasteiger charge is 2.23. The fourth-order valence-electron chi connectivity index (χ4n) is 2.35. The Morgan fingerprint density at radius 1 is 1.30 bits per heavy atom. The lowest BCUT2D eigenvalue weighted by Crippen LogP contribution is -2.30. The van der Waals surface area contributed by atoms with Gasteiger partial charge in [-0.2, -0.15) is 0 Å². The molecule has 142 valence electrons. The molecule has 0 radical (unpaired) electrons. The first-order valence-corrected chi connectivity index (χ1v) is 8.46. The van der Waals surface area contributed by atoms with Crippen LogP contribution in [0.5, 0.6) is 11.5 Å². The van der Waals surface area contributed by atoms with Gasteiger partial charge in [-0.1, -0.05) is 21.9 Å². The summed E-state index contributed by atoms with van der Waals surface area (Å²) >= 11 is 6.13. The molecule has 0 aliphatic carbocycles. The molecule has 3 rings (SSSR count). The maximum Gasteiger partial charge on any atom is 0.276 e. The number of aromatic nitrogens is 2. The molecule has 1 aromatic carbocycles. The Morgan fingerprint density at radius 2 is 2.11 bits per heavy atom. The molecule has 2 heterocycles. The van der Waals surface area contributed by atoms with Gasteiger partial charge in [0.15, 0.2) is 11.5 Å². The van der Waals surface area contributed by atoms with Gasteiger partial charge in [-0.15, -0.1) is 0 Å². The van der Waals surface area contributed by atoms with Gasteiger partial charge in [0, 0.05) is 25.2 Å². The standard InChI is InChI=1S/C18H18ClN3O5/c1-11(15-6-7-26-20-15)22(2)18(23)16-9-13(27-21-16)10-25-17-5-4-12(24-3)8-14(17)19/h4-9,11H,10H2,1-3H3/t11-/m1/s1. The van der Waals surface area contributed by atoms with Crippen molar-refractivity contribution in [1.29, 1.82) is 0 Å². The molecule has 0 fully saturated rings. The molecule has 0 aliphatic heterocycles. The van der Waals surface area contributed by atoms with Crippen molar-refractivity contribution in [3.05, 3.63) is 58.8 Å². The van der Waals surface area contributed by atoms with Crippen LogP contribution in [0.1, 0.15) is 34.9 Å². The molecule has 8 nitrogen and oxygen atoms in total. The summed E-state index contributed by atoms with van der Waals surface area (Å²) in [4.78, 5) is 14.1. The first-order chi connectivity index (χ1) is 13.0. The van der Waals surface area contributed by atoms with Crippen LogP contribution < -0.4 is 9.47 Å². The second kappa shape index (κ2) is 8.13. The number of nitrogens with zero attached hydrogens (tertiary/aromatic N) is 3. The first kappa shape index (κ1) is 18.8. The van der Waals surface area contributed by atoms with Crippen LogP contribution in [0.2, 0.25) is 5.02 Å². The zero-order valence-corrected chi connectivity index (χ0v) is 15.8. The number of hydrogen-bond acceptors (Lipinski definition) is 7. The van der Waals surface area contributed by atoms with E-state index in [4.69, 9.17) is 30.1 Å². The van der Waals surface area contributed by atoms with E-state index >= 15 is 0 Å². The predicted octanol–water partition coefficient (Wildman–Crippen LogP) is 3.74. The van der Waals surface area contributed by atoms with Crippen LogP contribution >= 0.6 is 11.6 Å². The summed E-state index contributed by atoms with van der Waals surface area (Å²) in [6.45, 7) is 1.92. The van der Waals surface area contributed by atoms with E-state index in [1.807, 2.05) is 6.92 Å². The molecule has 0 bridgehead atoms. The van der Waals surface area contributed by atoms with E-state index in [2.05, 4.69) is 10.3 Å². The molecule has 0 aliphatic rings. The number of methoxy groups -OCH3 is 1. The lowest BCUT2D eigenvalue weighted by molar-refractivity contribution is 0.0727. The third kappa shape index (κ3) is 4.22. The Kier molecular flexibility index (Phi) is 5.66. The largest absolute Gasteiger partial charge is 0.497 e. The molecular formula is C18H18ClN3O5. The summed E-state index contributed by atoms with van der Waals surface area (Å²) in [5.41, 5.74) is 0.819. The lowest BCUT2D eigenvalue weighted by atomic mass is 10.2. The Balaban J connectivity index is 1.63. The van der Waals surface area contributed by atoms with Gasteiger partial charge in [0.05, 0.1) is 18.2 Å². The number of amides is 1. The van der Waals surface area contributed by atoms with Gasteiger partial charge in [0.25, 0.3) is 5.91 Å². The van der Waals surface area contributed by atoms with Gasteiger partial charge in [0.2, 0.25) is 0 Å². The Labute approximate surface area is 160 Å². The Bertz CT molecular complexity index is 910. The summed E-state index contributed by atoms with van der Waals surface area (Å²) < 4.78 is 20.7. The van der Waals surface area contributed by atoms with Gasteiger partial charge in [0.1, 0.15) is 30.1 Å². The van der Waals surface area contributed by atoms with Crippen LogP contribution in [-0.4, -0.2) is 35.3 Å². The maximum absolute atomic E-state index is 12.6. The Hall–Kier alpha value is -3.00. The number of halogens is 1. The summed E-state index contributed by atoms with van der Waals surface area (Å²) in [6.07, 6.45) is 1.46. The molecule has 27 heavy (non-hydrogen) atoms. The van der Waals surface area contributed by atoms with Crippen LogP contribution in [0, 0.1) is 0 Å². The fraction of sp³-hybridized carbons (Fsp3) is 0.278. The zero-order valence-electron chi connectivity index (χ0n) is 15.0. The number of ether oxygens (including phenoxy) is 2. The topological polar surface area (TPSA) is 90.8 Å². The van der Waals surface area contributed by atoms with E-state index in [1.54, 1.807) is 38.4 Å². The fourth-order valence-corrected chi connectivity index (χ4v) is 2.57. The number of carbonyl (C=O) groups excluding carboxylic acids is 1. The third-order valence-electron chi connectivity index (χ3n) is 4.07. The summed E-state index contributed by atoms with van der Waals surface area (Å²) in [7, 11) is 3.21. The van der Waals surface area contributed by atoms with Crippen molar-refractivity contribution in [2.24, 2.45) is 0 Å². The summed E-state index contributed by atoms with van der Waals surface area (Å²) in [6, 6.07) is 8.03. The molecule has 0 N–H and O–H groups in total. The van der Waals surface area contributed by atoms with Crippen LogP contribution in [0.4, 0.5) is 0 Å². The van der Waals surface area contributed by atoms with Crippen LogP contribution in [0.3, 0.4) is 0 Å². The lowest BCUT2D eigenvalue weighted by Gasteiger charge is -2.21. The van der Waals surface area contributed by atoms with Crippen molar-refractivity contribution < 1.29 is 23.3 Å². The zero-order chi connectivity index (χ0) is 19.4. The minimum Gasteiger partial charge on any atom is -0.497 e. The second-order valence-corrected chi connectivity index (χ2v) is 6.19. The minimum absolute atomic E-state index is 0.0783. The van der Waals surface area contributed by atoms with Gasteiger partial charge < -0.3 is 23.4 Å².